The topological polar surface area (TPSA) is 97.6 Å². The van der Waals surface area contributed by atoms with Crippen molar-refractivity contribution in [2.45, 2.75) is 0 Å². The number of benzene rings is 1. The zero-order chi connectivity index (χ0) is 19.5. The maximum Gasteiger partial charge on any atom is 0.264 e. The van der Waals surface area contributed by atoms with Crippen LogP contribution < -0.4 is 11.3 Å². The Hall–Kier alpha value is -4.24. The molecule has 0 saturated carbocycles. The van der Waals surface area contributed by atoms with Gasteiger partial charge in [-0.25, -0.2) is 4.98 Å². The predicted octanol–water partition coefficient (Wildman–Crippen LogP) is 3.43. The van der Waals surface area contributed by atoms with Crippen LogP contribution in [0, 0.1) is 11.3 Å². The van der Waals surface area contributed by atoms with Crippen molar-refractivity contribution in [2.24, 2.45) is 0 Å². The van der Waals surface area contributed by atoms with Crippen LogP contribution in [0.3, 0.4) is 0 Å². The second kappa shape index (κ2) is 7.17. The lowest BCUT2D eigenvalue weighted by molar-refractivity contribution is 1.01. The maximum atomic E-state index is 13.3. The molecule has 3 heterocycles. The number of rotatable bonds is 3. The third-order valence-electron chi connectivity index (χ3n) is 4.31. The summed E-state index contributed by atoms with van der Waals surface area (Å²) in [5, 5.41) is 10.4. The summed E-state index contributed by atoms with van der Waals surface area (Å²) in [6.45, 7) is 0. The van der Waals surface area contributed by atoms with E-state index >= 15 is 0 Å². The van der Waals surface area contributed by atoms with Gasteiger partial charge in [-0.1, -0.05) is 12.1 Å². The second-order valence-corrected chi connectivity index (χ2v) is 6.16. The van der Waals surface area contributed by atoms with Crippen molar-refractivity contribution in [2.75, 3.05) is 5.73 Å². The third kappa shape index (κ3) is 3.13. The first kappa shape index (κ1) is 17.2. The number of anilines is 1. The molecule has 0 fully saturated rings. The quantitative estimate of drug-likeness (QED) is 0.443. The molecule has 28 heavy (non-hydrogen) atoms. The molecule has 0 amide bonds. The Labute approximate surface area is 160 Å². The summed E-state index contributed by atoms with van der Waals surface area (Å²) in [5.41, 5.74) is 8.68. The summed E-state index contributed by atoms with van der Waals surface area (Å²) < 4.78 is 1.51. The molecule has 4 aromatic rings. The Morgan fingerprint density at radius 2 is 1.96 bits per heavy atom. The summed E-state index contributed by atoms with van der Waals surface area (Å²) in [5.74, 6) is 0. The number of allylic oxidation sites excluding steroid dienone is 1. The van der Waals surface area contributed by atoms with Crippen LogP contribution >= 0.6 is 0 Å². The van der Waals surface area contributed by atoms with Gasteiger partial charge in [0.1, 0.15) is 5.65 Å². The minimum atomic E-state index is -0.284. The van der Waals surface area contributed by atoms with Crippen LogP contribution in [-0.4, -0.2) is 14.5 Å². The highest BCUT2D eigenvalue weighted by Gasteiger charge is 2.12. The van der Waals surface area contributed by atoms with Crippen LogP contribution in [0.4, 0.5) is 5.69 Å². The number of nitriles is 1. The molecule has 3 aromatic heterocycles. The molecule has 0 bridgehead atoms. The first-order valence-corrected chi connectivity index (χ1v) is 8.56. The molecular weight excluding hydrogens is 350 g/mol. The van der Waals surface area contributed by atoms with Gasteiger partial charge in [-0.05, 0) is 48.5 Å². The molecule has 0 atom stereocenters. The van der Waals surface area contributed by atoms with E-state index in [0.717, 1.165) is 5.39 Å². The van der Waals surface area contributed by atoms with E-state index < -0.39 is 0 Å². The number of aromatic nitrogens is 3. The number of hydrogen-bond acceptors (Lipinski definition) is 5. The Morgan fingerprint density at radius 1 is 1.11 bits per heavy atom. The van der Waals surface area contributed by atoms with E-state index in [1.54, 1.807) is 73.2 Å². The van der Waals surface area contributed by atoms with Gasteiger partial charge < -0.3 is 5.73 Å². The van der Waals surface area contributed by atoms with E-state index in [4.69, 9.17) is 5.73 Å². The largest absolute Gasteiger partial charge is 0.399 e. The lowest BCUT2D eigenvalue weighted by atomic mass is 10.1. The smallest absolute Gasteiger partial charge is 0.264 e. The number of hydrogen-bond donors (Lipinski definition) is 1. The van der Waals surface area contributed by atoms with Gasteiger partial charge >= 0.3 is 0 Å². The highest BCUT2D eigenvalue weighted by atomic mass is 16.1. The zero-order valence-corrected chi connectivity index (χ0v) is 14.8. The molecule has 6 nitrogen and oxygen atoms in total. The van der Waals surface area contributed by atoms with E-state index in [1.807, 2.05) is 6.07 Å². The van der Waals surface area contributed by atoms with Crippen LogP contribution in [-0.2, 0) is 0 Å². The molecular formula is C22H15N5O. The van der Waals surface area contributed by atoms with Crippen molar-refractivity contribution in [1.29, 1.82) is 5.26 Å². The van der Waals surface area contributed by atoms with Crippen LogP contribution in [0.1, 0.15) is 11.1 Å². The van der Waals surface area contributed by atoms with E-state index in [-0.39, 0.29) is 5.56 Å². The maximum absolute atomic E-state index is 13.3. The number of fused-ring (bicyclic) bond motifs is 1. The van der Waals surface area contributed by atoms with Crippen LogP contribution in [0.5, 0.6) is 0 Å². The number of nitrogens with zero attached hydrogens (tertiary/aromatic N) is 4. The molecule has 134 valence electrons. The molecule has 0 saturated heterocycles. The molecule has 0 unspecified atom stereocenters. The minimum absolute atomic E-state index is 0.284. The first-order chi connectivity index (χ1) is 13.7. The number of pyridine rings is 3. The van der Waals surface area contributed by atoms with Gasteiger partial charge in [0, 0.05) is 40.8 Å². The van der Waals surface area contributed by atoms with Gasteiger partial charge in [-0.3, -0.25) is 14.3 Å². The van der Waals surface area contributed by atoms with Gasteiger partial charge in [0.2, 0.25) is 0 Å². The number of nitrogen functional groups attached to an aromatic ring is 1. The Morgan fingerprint density at radius 3 is 2.71 bits per heavy atom. The van der Waals surface area contributed by atoms with Crippen LogP contribution in [0.25, 0.3) is 28.4 Å². The first-order valence-electron chi connectivity index (χ1n) is 8.56. The fourth-order valence-corrected chi connectivity index (χ4v) is 3.03. The van der Waals surface area contributed by atoms with Gasteiger partial charge in [0.25, 0.3) is 5.56 Å². The highest BCUT2D eigenvalue weighted by molar-refractivity contribution is 5.91. The molecule has 0 aliphatic rings. The van der Waals surface area contributed by atoms with E-state index in [2.05, 4.69) is 16.0 Å². The summed E-state index contributed by atoms with van der Waals surface area (Å²) in [7, 11) is 0. The van der Waals surface area contributed by atoms with E-state index in [9.17, 15) is 10.1 Å². The normalized spacial score (nSPS) is 11.3. The van der Waals surface area contributed by atoms with E-state index in [0.29, 0.717) is 33.7 Å². The van der Waals surface area contributed by atoms with Gasteiger partial charge in [-0.2, -0.15) is 5.26 Å². The Balaban J connectivity index is 2.01. The Kier molecular flexibility index (Phi) is 4.40. The second-order valence-electron chi connectivity index (χ2n) is 6.16. The van der Waals surface area contributed by atoms with Gasteiger partial charge in [-0.15, -0.1) is 0 Å². The van der Waals surface area contributed by atoms with Crippen molar-refractivity contribution in [3.8, 4) is 11.8 Å². The summed E-state index contributed by atoms with van der Waals surface area (Å²) in [6, 6.07) is 18.1. The monoisotopic (exact) mass is 365 g/mol. The number of nitrogens with two attached hydrogens (primary N) is 1. The van der Waals surface area contributed by atoms with E-state index in [1.165, 1.54) is 4.57 Å². The Bertz CT molecular complexity index is 1300. The lowest BCUT2D eigenvalue weighted by Gasteiger charge is -2.11. The van der Waals surface area contributed by atoms with Crippen LogP contribution in [0.15, 0.2) is 78.0 Å². The molecule has 4 rings (SSSR count). The predicted molar refractivity (Wildman–Crippen MR) is 109 cm³/mol. The zero-order valence-electron chi connectivity index (χ0n) is 14.8. The van der Waals surface area contributed by atoms with Crippen molar-refractivity contribution in [1.82, 2.24) is 14.5 Å². The molecule has 0 aliphatic heterocycles. The minimum Gasteiger partial charge on any atom is -0.399 e. The third-order valence-corrected chi connectivity index (χ3v) is 4.31. The van der Waals surface area contributed by atoms with Crippen molar-refractivity contribution in [3.05, 3.63) is 94.7 Å². The molecule has 0 aliphatic carbocycles. The van der Waals surface area contributed by atoms with Crippen molar-refractivity contribution >= 4 is 28.4 Å². The lowest BCUT2D eigenvalue weighted by Crippen LogP contribution is -2.22. The standard InChI is InChI=1S/C22H15N5O/c23-13-18(16-5-2-8-25-14-16)11-17-10-15-4-3-9-26-21(15)27(22(17)28)20-7-1-6-19(24)12-20/h1-12,14H,24H2. The summed E-state index contributed by atoms with van der Waals surface area (Å²) >= 11 is 0. The molecule has 0 spiro atoms. The molecule has 2 N–H and O–H groups in total. The van der Waals surface area contributed by atoms with Crippen molar-refractivity contribution < 1.29 is 0 Å². The fraction of sp³-hybridized carbons (Fsp3) is 0. The summed E-state index contributed by atoms with van der Waals surface area (Å²) in [4.78, 5) is 21.7. The average Bonchev–Trinajstić information content (AvgIpc) is 2.73. The SMILES string of the molecule is N#CC(=Cc1cc2cccnc2n(-c2cccc(N)c2)c1=O)c1cccnc1. The molecule has 1 aromatic carbocycles. The van der Waals surface area contributed by atoms with Gasteiger partial charge in [0.15, 0.2) is 0 Å². The van der Waals surface area contributed by atoms with Crippen molar-refractivity contribution in [3.63, 3.8) is 0 Å². The van der Waals surface area contributed by atoms with Crippen LogP contribution in [0.2, 0.25) is 0 Å². The fourth-order valence-electron chi connectivity index (χ4n) is 3.03. The summed E-state index contributed by atoms with van der Waals surface area (Å²) in [6.07, 6.45) is 6.44. The molecule has 6 heteroatoms. The highest BCUT2D eigenvalue weighted by Crippen LogP contribution is 2.20. The average molecular weight is 365 g/mol. The molecule has 0 radical (unpaired) electrons. The van der Waals surface area contributed by atoms with Gasteiger partial charge in [0.05, 0.1) is 17.3 Å².